The van der Waals surface area contributed by atoms with E-state index in [2.05, 4.69) is 61.3 Å². The molecule has 0 fully saturated rings. The summed E-state index contributed by atoms with van der Waals surface area (Å²) in [7, 11) is 0. The number of fused-ring (bicyclic) bond motifs is 1. The molecule has 35 heavy (non-hydrogen) atoms. The van der Waals surface area contributed by atoms with E-state index in [1.807, 2.05) is 42.5 Å². The van der Waals surface area contributed by atoms with Crippen LogP contribution in [0.1, 0.15) is 37.8 Å². The molecule has 0 spiro atoms. The quantitative estimate of drug-likeness (QED) is 0.442. The molecule has 1 aliphatic rings. The molecule has 0 saturated carbocycles. The highest BCUT2D eigenvalue weighted by Crippen LogP contribution is 2.27. The van der Waals surface area contributed by atoms with Crippen molar-refractivity contribution in [1.82, 2.24) is 9.97 Å². The zero-order chi connectivity index (χ0) is 24.4. The molecule has 0 atom stereocenters. The molecular weight excluding hydrogens is 448 g/mol. The molecule has 0 aliphatic heterocycles. The van der Waals surface area contributed by atoms with Gasteiger partial charge in [-0.15, -0.1) is 11.3 Å². The van der Waals surface area contributed by atoms with E-state index in [1.165, 1.54) is 0 Å². The predicted molar refractivity (Wildman–Crippen MR) is 145 cm³/mol. The molecule has 5 heteroatoms. The molecule has 0 bridgehead atoms. The first-order chi connectivity index (χ1) is 17.1. The number of nitrogens with one attached hydrogen (secondary N) is 1. The third-order valence-electron chi connectivity index (χ3n) is 6.36. The number of aromatic amines is 1. The van der Waals surface area contributed by atoms with Crippen molar-refractivity contribution in [3.63, 3.8) is 0 Å². The van der Waals surface area contributed by atoms with E-state index in [0.29, 0.717) is 12.1 Å². The summed E-state index contributed by atoms with van der Waals surface area (Å²) in [5.41, 5.74) is 14.3. The fraction of sp³-hybridized carbons (Fsp3) is 0.133. The van der Waals surface area contributed by atoms with Gasteiger partial charge in [0.1, 0.15) is 16.6 Å². The zero-order valence-electron chi connectivity index (χ0n) is 19.8. The van der Waals surface area contributed by atoms with Gasteiger partial charge in [0, 0.05) is 28.6 Å². The van der Waals surface area contributed by atoms with Crippen LogP contribution < -0.4 is 16.3 Å². The molecular formula is C30H26N4S. The van der Waals surface area contributed by atoms with Crippen LogP contribution in [0.5, 0.6) is 0 Å². The average molecular weight is 475 g/mol. The molecule has 5 rings (SSSR count). The minimum atomic E-state index is 0.346. The Morgan fingerprint density at radius 3 is 2.63 bits per heavy atom. The molecule has 3 N–H and O–H groups in total. The summed E-state index contributed by atoms with van der Waals surface area (Å²) < 4.78 is 0. The number of allylic oxidation sites excluding steroid dienone is 3. The first-order valence-electron chi connectivity index (χ1n) is 11.6. The van der Waals surface area contributed by atoms with E-state index in [-0.39, 0.29) is 0 Å². The largest absolute Gasteiger partial charge is 0.353 e. The topological polar surface area (TPSA) is 78.5 Å². The van der Waals surface area contributed by atoms with Crippen LogP contribution in [0.25, 0.3) is 29.0 Å². The maximum atomic E-state index is 10.4. The van der Waals surface area contributed by atoms with Gasteiger partial charge in [0.25, 0.3) is 0 Å². The molecule has 4 nitrogen and oxygen atoms in total. The average Bonchev–Trinajstić information content (AvgIpc) is 3.35. The van der Waals surface area contributed by atoms with Gasteiger partial charge in [-0.25, -0.2) is 4.98 Å². The lowest BCUT2D eigenvalue weighted by Gasteiger charge is -2.06. The summed E-state index contributed by atoms with van der Waals surface area (Å²) in [6.07, 6.45) is 11.1. The summed E-state index contributed by atoms with van der Waals surface area (Å²) in [6.45, 7) is 4.53. The van der Waals surface area contributed by atoms with Gasteiger partial charge in [0.15, 0.2) is 0 Å². The predicted octanol–water partition coefficient (Wildman–Crippen LogP) is 4.89. The van der Waals surface area contributed by atoms with Crippen molar-refractivity contribution < 1.29 is 0 Å². The third kappa shape index (κ3) is 4.30. The van der Waals surface area contributed by atoms with Crippen LogP contribution in [0.3, 0.4) is 0 Å². The molecule has 1 aliphatic carbocycles. The van der Waals surface area contributed by atoms with Crippen LogP contribution in [-0.2, 0) is 13.0 Å². The summed E-state index contributed by atoms with van der Waals surface area (Å²) in [6, 6.07) is 19.0. The van der Waals surface area contributed by atoms with Gasteiger partial charge in [-0.05, 0) is 48.3 Å². The smallest absolute Gasteiger partial charge is 0.137 e. The molecule has 0 radical (unpaired) electrons. The third-order valence-corrected chi connectivity index (χ3v) is 7.47. The van der Waals surface area contributed by atoms with Gasteiger partial charge in [-0.3, -0.25) is 0 Å². The summed E-state index contributed by atoms with van der Waals surface area (Å²) >= 11 is 1.58. The van der Waals surface area contributed by atoms with Crippen LogP contribution in [0.15, 0.2) is 66.8 Å². The van der Waals surface area contributed by atoms with Gasteiger partial charge in [0.2, 0.25) is 0 Å². The Bertz CT molecular complexity index is 1640. The Morgan fingerprint density at radius 1 is 1.11 bits per heavy atom. The van der Waals surface area contributed by atoms with Crippen LogP contribution >= 0.6 is 11.3 Å². The van der Waals surface area contributed by atoms with Crippen LogP contribution in [0.2, 0.25) is 0 Å². The highest BCUT2D eigenvalue weighted by molar-refractivity contribution is 7.13. The number of nitrogens with zero attached hydrogens (tertiary/aromatic N) is 2. The zero-order valence-corrected chi connectivity index (χ0v) is 20.6. The maximum absolute atomic E-state index is 10.4. The van der Waals surface area contributed by atoms with Gasteiger partial charge >= 0.3 is 0 Å². The summed E-state index contributed by atoms with van der Waals surface area (Å²) in [5.74, 6) is 0. The Labute approximate surface area is 209 Å². The molecule has 2 aromatic carbocycles. The standard InChI is InChI=1S/C30H26N4S/c1-19-10-6-8-12-21(19)16-23-24(17-31)28(22-13-9-7-11-20(22)2)34-29(23)25(18-32)30-33-26-14-4-3-5-15-27(26)35-30/h3-14,16,34H,15,17,31H2,1-2H3/b23-16-,29-25-. The molecule has 4 aromatic rings. The number of nitriles is 1. The normalized spacial score (nSPS) is 13.9. The number of hydrogen-bond acceptors (Lipinski definition) is 4. The van der Waals surface area contributed by atoms with E-state index in [4.69, 9.17) is 10.7 Å². The lowest BCUT2D eigenvalue weighted by molar-refractivity contribution is 1.07. The van der Waals surface area contributed by atoms with Crippen molar-refractivity contribution in [2.75, 3.05) is 0 Å². The van der Waals surface area contributed by atoms with E-state index in [9.17, 15) is 5.26 Å². The number of benzene rings is 2. The fourth-order valence-electron chi connectivity index (χ4n) is 4.47. The number of aryl methyl sites for hydroxylation is 2. The molecule has 0 unspecified atom stereocenters. The Balaban J connectivity index is 1.88. The highest BCUT2D eigenvalue weighted by Gasteiger charge is 2.18. The monoisotopic (exact) mass is 474 g/mol. The number of aromatic nitrogens is 2. The number of H-pyrrole nitrogens is 1. The minimum Gasteiger partial charge on any atom is -0.353 e. The molecule has 0 saturated heterocycles. The van der Waals surface area contributed by atoms with Crippen molar-refractivity contribution >= 4 is 29.1 Å². The lowest BCUT2D eigenvalue weighted by atomic mass is 10.0. The van der Waals surface area contributed by atoms with Crippen LogP contribution in [0.4, 0.5) is 0 Å². The second kappa shape index (κ2) is 9.71. The molecule has 2 aromatic heterocycles. The first-order valence-corrected chi connectivity index (χ1v) is 12.4. The first kappa shape index (κ1) is 22.8. The van der Waals surface area contributed by atoms with E-state index < -0.39 is 0 Å². The summed E-state index contributed by atoms with van der Waals surface area (Å²) in [5, 5.41) is 12.8. The number of thiazole rings is 1. The van der Waals surface area contributed by atoms with Crippen molar-refractivity contribution in [3.8, 4) is 17.3 Å². The fourth-order valence-corrected chi connectivity index (χ4v) is 5.49. The van der Waals surface area contributed by atoms with Crippen molar-refractivity contribution in [1.29, 1.82) is 5.26 Å². The molecule has 0 amide bonds. The van der Waals surface area contributed by atoms with Gasteiger partial charge in [-0.1, -0.05) is 66.8 Å². The van der Waals surface area contributed by atoms with Crippen molar-refractivity contribution in [2.24, 2.45) is 5.73 Å². The van der Waals surface area contributed by atoms with Crippen molar-refractivity contribution in [2.45, 2.75) is 26.8 Å². The van der Waals surface area contributed by atoms with E-state index in [0.717, 1.165) is 66.1 Å². The number of nitrogens with two attached hydrogens (primary N) is 1. The van der Waals surface area contributed by atoms with Gasteiger partial charge in [-0.2, -0.15) is 5.26 Å². The Morgan fingerprint density at radius 2 is 1.89 bits per heavy atom. The second-order valence-electron chi connectivity index (χ2n) is 8.59. The highest BCUT2D eigenvalue weighted by atomic mass is 32.1. The molecule has 172 valence electrons. The van der Waals surface area contributed by atoms with Gasteiger partial charge < -0.3 is 10.7 Å². The second-order valence-corrected chi connectivity index (χ2v) is 9.68. The van der Waals surface area contributed by atoms with E-state index in [1.54, 1.807) is 11.3 Å². The lowest BCUT2D eigenvalue weighted by Crippen LogP contribution is -2.29. The van der Waals surface area contributed by atoms with Gasteiger partial charge in [0.05, 0.1) is 16.7 Å². The van der Waals surface area contributed by atoms with Crippen LogP contribution in [0, 0.1) is 25.2 Å². The SMILES string of the molecule is Cc1ccccc1/C=c1/c(CN)c(-c2ccccc2C)[nH]/c1=C(/C#N)c1nc2c(s1)CC=CC=C2. The maximum Gasteiger partial charge on any atom is 0.137 e. The van der Waals surface area contributed by atoms with Crippen molar-refractivity contribution in [3.05, 3.63) is 115 Å². The Hall–Kier alpha value is -3.98. The Kier molecular flexibility index (Phi) is 6.33. The van der Waals surface area contributed by atoms with Crippen LogP contribution in [-0.4, -0.2) is 9.97 Å². The number of rotatable bonds is 4. The minimum absolute atomic E-state index is 0.346. The summed E-state index contributed by atoms with van der Waals surface area (Å²) in [4.78, 5) is 9.61. The van der Waals surface area contributed by atoms with E-state index >= 15 is 0 Å². The molecule has 2 heterocycles. The number of hydrogen-bond donors (Lipinski definition) is 2.